The van der Waals surface area contributed by atoms with Crippen LogP contribution in [0.3, 0.4) is 0 Å². The normalized spacial score (nSPS) is 15.4. The van der Waals surface area contributed by atoms with Gasteiger partial charge in [-0.2, -0.15) is 0 Å². The summed E-state index contributed by atoms with van der Waals surface area (Å²) in [5, 5.41) is 18.2. The van der Waals surface area contributed by atoms with Crippen molar-refractivity contribution in [3.05, 3.63) is 58.7 Å². The predicted octanol–water partition coefficient (Wildman–Crippen LogP) is 5.77. The van der Waals surface area contributed by atoms with Crippen molar-refractivity contribution in [3.8, 4) is 5.75 Å². The lowest BCUT2D eigenvalue weighted by Gasteiger charge is -2.34. The number of piperidine rings is 1. The predicted molar refractivity (Wildman–Crippen MR) is 107 cm³/mol. The zero-order chi connectivity index (χ0) is 18.1. The number of nitrogens with zero attached hydrogens (tertiary/aromatic N) is 2. The van der Waals surface area contributed by atoms with Crippen molar-refractivity contribution in [1.29, 1.82) is 0 Å². The SMILES string of the molecule is [O]c1c(N2CCC(Nc3ccc(Cl)cc3Cl)CC2)ccc2ncccc12. The summed E-state index contributed by atoms with van der Waals surface area (Å²) in [5.74, 6) is 0.0581. The standard InChI is InChI=1S/C20H18Cl2N3O/c21-13-3-4-18(16(22)12-13)24-14-7-10-25(11-8-14)19-6-5-17-15(20(19)26)2-1-9-23-17/h1-6,9,12,14,24H,7-8,10-11H2. The van der Waals surface area contributed by atoms with E-state index < -0.39 is 0 Å². The Morgan fingerprint density at radius 2 is 1.88 bits per heavy atom. The minimum absolute atomic E-state index is 0.0581. The van der Waals surface area contributed by atoms with Crippen LogP contribution < -0.4 is 10.2 Å². The molecule has 1 radical (unpaired) electrons. The van der Waals surface area contributed by atoms with Gasteiger partial charge >= 0.3 is 0 Å². The number of hydrogen-bond donors (Lipinski definition) is 1. The van der Waals surface area contributed by atoms with Crippen molar-refractivity contribution >= 4 is 45.5 Å². The smallest absolute Gasteiger partial charge is 0.211 e. The number of aromatic nitrogens is 1. The molecule has 1 aliphatic rings. The lowest BCUT2D eigenvalue weighted by atomic mass is 10.0. The Balaban J connectivity index is 1.46. The summed E-state index contributed by atoms with van der Waals surface area (Å²) in [6.45, 7) is 1.65. The van der Waals surface area contributed by atoms with Gasteiger partial charge in [-0.25, -0.2) is 0 Å². The van der Waals surface area contributed by atoms with Crippen molar-refractivity contribution in [2.45, 2.75) is 18.9 Å². The van der Waals surface area contributed by atoms with Crippen molar-refractivity contribution in [1.82, 2.24) is 4.98 Å². The molecule has 0 saturated carbocycles. The Hall–Kier alpha value is -2.17. The molecular weight excluding hydrogens is 369 g/mol. The molecule has 2 aromatic carbocycles. The van der Waals surface area contributed by atoms with E-state index in [0.717, 1.165) is 42.8 Å². The van der Waals surface area contributed by atoms with Gasteiger partial charge in [0.05, 0.1) is 21.9 Å². The molecular formula is C20H18Cl2N3O. The van der Waals surface area contributed by atoms with Gasteiger partial charge in [0, 0.05) is 35.7 Å². The number of benzene rings is 2. The molecule has 0 amide bonds. The van der Waals surface area contributed by atoms with Crippen LogP contribution in [0.4, 0.5) is 11.4 Å². The lowest BCUT2D eigenvalue weighted by Crippen LogP contribution is -2.39. The Bertz CT molecular complexity index is 939. The number of pyridine rings is 1. The summed E-state index contributed by atoms with van der Waals surface area (Å²) in [5.41, 5.74) is 2.40. The summed E-state index contributed by atoms with van der Waals surface area (Å²) in [6, 6.07) is 13.3. The molecule has 133 valence electrons. The molecule has 26 heavy (non-hydrogen) atoms. The molecule has 1 aromatic heterocycles. The minimum atomic E-state index is 0.0581. The minimum Gasteiger partial charge on any atom is -0.381 e. The van der Waals surface area contributed by atoms with E-state index in [0.29, 0.717) is 21.5 Å². The molecule has 0 bridgehead atoms. The molecule has 4 rings (SSSR count). The first-order valence-electron chi connectivity index (χ1n) is 8.63. The molecule has 4 nitrogen and oxygen atoms in total. The summed E-state index contributed by atoms with van der Waals surface area (Å²) >= 11 is 12.2. The van der Waals surface area contributed by atoms with E-state index in [1.807, 2.05) is 30.3 Å². The van der Waals surface area contributed by atoms with Crippen molar-refractivity contribution in [3.63, 3.8) is 0 Å². The topological polar surface area (TPSA) is 48.1 Å². The zero-order valence-electron chi connectivity index (χ0n) is 14.1. The summed E-state index contributed by atoms with van der Waals surface area (Å²) in [7, 11) is 0. The van der Waals surface area contributed by atoms with Gasteiger partial charge in [-0.1, -0.05) is 23.2 Å². The van der Waals surface area contributed by atoms with Crippen molar-refractivity contribution in [2.24, 2.45) is 0 Å². The number of rotatable bonds is 3. The Morgan fingerprint density at radius 3 is 2.65 bits per heavy atom. The highest BCUT2D eigenvalue weighted by molar-refractivity contribution is 6.36. The van der Waals surface area contributed by atoms with Gasteiger partial charge in [-0.05, 0) is 55.3 Å². The molecule has 0 unspecified atom stereocenters. The van der Waals surface area contributed by atoms with E-state index in [1.165, 1.54) is 0 Å². The molecule has 2 heterocycles. The molecule has 0 atom stereocenters. The van der Waals surface area contributed by atoms with E-state index >= 15 is 0 Å². The maximum atomic E-state index is 12.7. The van der Waals surface area contributed by atoms with Gasteiger partial charge in [-0.15, -0.1) is 0 Å². The number of fused-ring (bicyclic) bond motifs is 1. The summed E-state index contributed by atoms with van der Waals surface area (Å²) in [6.07, 6.45) is 3.58. The lowest BCUT2D eigenvalue weighted by molar-refractivity contribution is 0.358. The highest BCUT2D eigenvalue weighted by Gasteiger charge is 2.23. The van der Waals surface area contributed by atoms with Gasteiger partial charge in [0.2, 0.25) is 5.75 Å². The quantitative estimate of drug-likeness (QED) is 0.621. The molecule has 6 heteroatoms. The summed E-state index contributed by atoms with van der Waals surface area (Å²) < 4.78 is 0. The van der Waals surface area contributed by atoms with Crippen molar-refractivity contribution in [2.75, 3.05) is 23.3 Å². The molecule has 1 fully saturated rings. The maximum Gasteiger partial charge on any atom is 0.211 e. The first-order valence-corrected chi connectivity index (χ1v) is 9.39. The first-order chi connectivity index (χ1) is 12.6. The van der Waals surface area contributed by atoms with Crippen LogP contribution in [0.5, 0.6) is 5.75 Å². The fourth-order valence-corrected chi connectivity index (χ4v) is 3.92. The number of nitrogens with one attached hydrogen (secondary N) is 1. The van der Waals surface area contributed by atoms with E-state index in [4.69, 9.17) is 23.2 Å². The number of halogens is 2. The maximum absolute atomic E-state index is 12.7. The van der Waals surface area contributed by atoms with Crippen molar-refractivity contribution < 1.29 is 5.11 Å². The Labute approximate surface area is 162 Å². The van der Waals surface area contributed by atoms with Crippen LogP contribution in [0.1, 0.15) is 12.8 Å². The van der Waals surface area contributed by atoms with Crippen LogP contribution in [0.25, 0.3) is 10.9 Å². The zero-order valence-corrected chi connectivity index (χ0v) is 15.6. The van der Waals surface area contributed by atoms with Gasteiger partial charge in [0.1, 0.15) is 0 Å². The van der Waals surface area contributed by atoms with Crippen LogP contribution in [0.2, 0.25) is 10.0 Å². The van der Waals surface area contributed by atoms with Crippen LogP contribution in [0.15, 0.2) is 48.7 Å². The largest absolute Gasteiger partial charge is 0.381 e. The summed E-state index contributed by atoms with van der Waals surface area (Å²) in [4.78, 5) is 6.41. The fraction of sp³-hybridized carbons (Fsp3) is 0.250. The van der Waals surface area contributed by atoms with Crippen LogP contribution in [-0.2, 0) is 5.11 Å². The first kappa shape index (κ1) is 17.3. The van der Waals surface area contributed by atoms with Crippen LogP contribution in [-0.4, -0.2) is 24.1 Å². The van der Waals surface area contributed by atoms with Gasteiger partial charge < -0.3 is 10.2 Å². The monoisotopic (exact) mass is 386 g/mol. The molecule has 1 saturated heterocycles. The molecule has 1 N–H and O–H groups in total. The van der Waals surface area contributed by atoms with Crippen LogP contribution in [0, 0.1) is 0 Å². The highest BCUT2D eigenvalue weighted by Crippen LogP contribution is 2.36. The third-order valence-electron chi connectivity index (χ3n) is 4.84. The molecule has 3 aromatic rings. The van der Waals surface area contributed by atoms with Gasteiger partial charge in [0.25, 0.3) is 0 Å². The molecule has 0 spiro atoms. The third kappa shape index (κ3) is 3.39. The van der Waals surface area contributed by atoms with Gasteiger partial charge in [0.15, 0.2) is 0 Å². The highest BCUT2D eigenvalue weighted by atomic mass is 35.5. The Kier molecular flexibility index (Phi) is 4.79. The second-order valence-corrected chi connectivity index (χ2v) is 7.36. The molecule has 1 aliphatic heterocycles. The van der Waals surface area contributed by atoms with E-state index in [9.17, 15) is 5.11 Å². The molecule has 0 aliphatic carbocycles. The van der Waals surface area contributed by atoms with E-state index in [1.54, 1.807) is 18.3 Å². The van der Waals surface area contributed by atoms with Gasteiger partial charge in [-0.3, -0.25) is 10.1 Å². The fourth-order valence-electron chi connectivity index (χ4n) is 3.45. The average Bonchev–Trinajstić information content (AvgIpc) is 2.65. The Morgan fingerprint density at radius 1 is 1.08 bits per heavy atom. The number of hydrogen-bond acceptors (Lipinski definition) is 3. The van der Waals surface area contributed by atoms with E-state index in [-0.39, 0.29) is 5.75 Å². The average molecular weight is 387 g/mol. The van der Waals surface area contributed by atoms with E-state index in [2.05, 4.69) is 15.2 Å². The third-order valence-corrected chi connectivity index (χ3v) is 5.39. The van der Waals surface area contributed by atoms with Crippen LogP contribution >= 0.6 is 23.2 Å². The number of anilines is 2. The second kappa shape index (κ2) is 7.22. The second-order valence-electron chi connectivity index (χ2n) is 6.51.